The van der Waals surface area contributed by atoms with Gasteiger partial charge in [0.2, 0.25) is 5.95 Å². The van der Waals surface area contributed by atoms with Gasteiger partial charge in [0.25, 0.3) is 0 Å². The van der Waals surface area contributed by atoms with Gasteiger partial charge in [-0.05, 0) is 31.5 Å². The summed E-state index contributed by atoms with van der Waals surface area (Å²) in [6.07, 6.45) is 1.58. The van der Waals surface area contributed by atoms with E-state index in [1.54, 1.807) is 11.4 Å². The van der Waals surface area contributed by atoms with Crippen molar-refractivity contribution in [3.05, 3.63) is 23.9 Å². The Labute approximate surface area is 106 Å². The van der Waals surface area contributed by atoms with Crippen molar-refractivity contribution in [1.82, 2.24) is 19.9 Å². The van der Waals surface area contributed by atoms with Crippen LogP contribution < -0.4 is 10.6 Å². The summed E-state index contributed by atoms with van der Waals surface area (Å²) in [7, 11) is 0. The summed E-state index contributed by atoms with van der Waals surface area (Å²) < 4.78 is 1.75. The first kappa shape index (κ1) is 12.8. The van der Waals surface area contributed by atoms with E-state index >= 15 is 0 Å². The summed E-state index contributed by atoms with van der Waals surface area (Å²) in [5.74, 6) is 0.624. The average molecular weight is 249 g/mol. The van der Waals surface area contributed by atoms with Gasteiger partial charge < -0.3 is 15.7 Å². The molecule has 6 heteroatoms. The van der Waals surface area contributed by atoms with E-state index in [4.69, 9.17) is 5.11 Å². The van der Waals surface area contributed by atoms with Crippen LogP contribution in [0.2, 0.25) is 0 Å². The number of hydrogen-bond acceptors (Lipinski definition) is 5. The Morgan fingerprint density at radius 1 is 1.44 bits per heavy atom. The fourth-order valence-corrected chi connectivity index (χ4v) is 1.63. The van der Waals surface area contributed by atoms with Gasteiger partial charge in [0, 0.05) is 25.8 Å². The highest BCUT2D eigenvalue weighted by atomic mass is 16.3. The molecule has 3 N–H and O–H groups in total. The number of rotatable bonds is 6. The second kappa shape index (κ2) is 5.79. The normalized spacial score (nSPS) is 12.8. The number of pyridine rings is 1. The first-order valence-corrected chi connectivity index (χ1v) is 6.11. The zero-order valence-electron chi connectivity index (χ0n) is 10.7. The summed E-state index contributed by atoms with van der Waals surface area (Å²) in [5.41, 5.74) is 2.01. The lowest BCUT2D eigenvalue weighted by Crippen LogP contribution is -2.29. The van der Waals surface area contributed by atoms with Crippen LogP contribution in [-0.2, 0) is 0 Å². The van der Waals surface area contributed by atoms with Gasteiger partial charge in [0.05, 0.1) is 6.10 Å². The van der Waals surface area contributed by atoms with Crippen LogP contribution in [0, 0.1) is 6.92 Å². The van der Waals surface area contributed by atoms with Gasteiger partial charge in [-0.3, -0.25) is 0 Å². The predicted molar refractivity (Wildman–Crippen MR) is 70.8 cm³/mol. The van der Waals surface area contributed by atoms with Crippen molar-refractivity contribution in [3.63, 3.8) is 0 Å². The van der Waals surface area contributed by atoms with Crippen LogP contribution in [0.4, 0.5) is 5.95 Å². The number of anilines is 1. The van der Waals surface area contributed by atoms with Gasteiger partial charge in [-0.2, -0.15) is 4.98 Å². The first-order chi connectivity index (χ1) is 8.65. The Hall–Kier alpha value is -1.66. The molecule has 2 rings (SSSR count). The maximum atomic E-state index is 9.08. The van der Waals surface area contributed by atoms with E-state index in [0.717, 1.165) is 18.7 Å². The van der Waals surface area contributed by atoms with E-state index in [9.17, 15) is 0 Å². The van der Waals surface area contributed by atoms with E-state index in [0.29, 0.717) is 12.5 Å². The third kappa shape index (κ3) is 3.41. The highest BCUT2D eigenvalue weighted by Crippen LogP contribution is 2.06. The molecule has 1 atom stereocenters. The SMILES string of the molecule is Cc1ccn2nc(NCCNCC(C)O)nc2c1. The highest BCUT2D eigenvalue weighted by molar-refractivity contribution is 5.45. The predicted octanol–water partition coefficient (Wildman–Crippen LogP) is 0.420. The molecule has 0 radical (unpaired) electrons. The summed E-state index contributed by atoms with van der Waals surface area (Å²) in [6.45, 7) is 5.87. The summed E-state index contributed by atoms with van der Waals surface area (Å²) in [4.78, 5) is 4.37. The standard InChI is InChI=1S/C12H19N5O/c1-9-3-6-17-11(7-9)15-12(16-17)14-5-4-13-8-10(2)18/h3,6-7,10,13,18H,4-5,8H2,1-2H3,(H,14,16). The van der Waals surface area contributed by atoms with E-state index in [1.165, 1.54) is 5.56 Å². The molecule has 2 heterocycles. The van der Waals surface area contributed by atoms with Gasteiger partial charge in [-0.1, -0.05) is 0 Å². The molecule has 2 aromatic rings. The summed E-state index contributed by atoms with van der Waals surface area (Å²) >= 11 is 0. The van der Waals surface area contributed by atoms with Crippen molar-refractivity contribution in [1.29, 1.82) is 0 Å². The fourth-order valence-electron chi connectivity index (χ4n) is 1.63. The van der Waals surface area contributed by atoms with E-state index in [1.807, 2.05) is 25.3 Å². The molecule has 18 heavy (non-hydrogen) atoms. The largest absolute Gasteiger partial charge is 0.392 e. The molecule has 0 saturated carbocycles. The van der Waals surface area contributed by atoms with E-state index < -0.39 is 0 Å². The van der Waals surface area contributed by atoms with Crippen molar-refractivity contribution >= 4 is 11.6 Å². The zero-order valence-corrected chi connectivity index (χ0v) is 10.7. The molecule has 98 valence electrons. The van der Waals surface area contributed by atoms with E-state index in [2.05, 4.69) is 20.7 Å². The molecule has 0 aromatic carbocycles. The number of nitrogens with one attached hydrogen (secondary N) is 2. The van der Waals surface area contributed by atoms with Gasteiger partial charge in [0.1, 0.15) is 0 Å². The molecule has 0 aliphatic heterocycles. The molecule has 0 aliphatic rings. The van der Waals surface area contributed by atoms with Crippen molar-refractivity contribution < 1.29 is 5.11 Å². The van der Waals surface area contributed by atoms with Gasteiger partial charge >= 0.3 is 0 Å². The zero-order chi connectivity index (χ0) is 13.0. The topological polar surface area (TPSA) is 74.5 Å². The molecule has 0 fully saturated rings. The monoisotopic (exact) mass is 249 g/mol. The lowest BCUT2D eigenvalue weighted by Gasteiger charge is -2.06. The molecule has 0 aliphatic carbocycles. The smallest absolute Gasteiger partial charge is 0.243 e. The Morgan fingerprint density at radius 2 is 2.28 bits per heavy atom. The Balaban J connectivity index is 1.84. The fraction of sp³-hybridized carbons (Fsp3) is 0.500. The number of nitrogens with zero attached hydrogens (tertiary/aromatic N) is 3. The lowest BCUT2D eigenvalue weighted by atomic mass is 10.3. The van der Waals surface area contributed by atoms with Crippen LogP contribution in [0.1, 0.15) is 12.5 Å². The van der Waals surface area contributed by atoms with Crippen molar-refractivity contribution in [2.45, 2.75) is 20.0 Å². The maximum Gasteiger partial charge on any atom is 0.243 e. The first-order valence-electron chi connectivity index (χ1n) is 6.11. The molecular weight excluding hydrogens is 230 g/mol. The van der Waals surface area contributed by atoms with Crippen LogP contribution in [0.15, 0.2) is 18.3 Å². The molecule has 0 bridgehead atoms. The van der Waals surface area contributed by atoms with Crippen molar-refractivity contribution in [3.8, 4) is 0 Å². The molecule has 1 unspecified atom stereocenters. The number of aliphatic hydroxyl groups is 1. The summed E-state index contributed by atoms with van der Waals surface area (Å²) in [6, 6.07) is 3.99. The second-order valence-corrected chi connectivity index (χ2v) is 4.42. The third-order valence-electron chi connectivity index (χ3n) is 2.52. The quantitative estimate of drug-likeness (QED) is 0.647. The summed E-state index contributed by atoms with van der Waals surface area (Å²) in [5, 5.41) is 19.6. The molecular formula is C12H19N5O. The molecule has 2 aromatic heterocycles. The number of fused-ring (bicyclic) bond motifs is 1. The highest BCUT2D eigenvalue weighted by Gasteiger charge is 2.02. The van der Waals surface area contributed by atoms with Gasteiger partial charge in [0.15, 0.2) is 5.65 Å². The van der Waals surface area contributed by atoms with Crippen LogP contribution >= 0.6 is 0 Å². The minimum Gasteiger partial charge on any atom is -0.392 e. The Kier molecular flexibility index (Phi) is 4.11. The number of aromatic nitrogens is 3. The van der Waals surface area contributed by atoms with Crippen molar-refractivity contribution in [2.75, 3.05) is 25.0 Å². The lowest BCUT2D eigenvalue weighted by molar-refractivity contribution is 0.192. The molecule has 0 saturated heterocycles. The third-order valence-corrected chi connectivity index (χ3v) is 2.52. The second-order valence-electron chi connectivity index (χ2n) is 4.42. The number of aryl methyl sites for hydroxylation is 1. The molecule has 0 spiro atoms. The van der Waals surface area contributed by atoms with Crippen LogP contribution in [0.5, 0.6) is 0 Å². The van der Waals surface area contributed by atoms with Crippen LogP contribution in [0.3, 0.4) is 0 Å². The van der Waals surface area contributed by atoms with Gasteiger partial charge in [-0.15, -0.1) is 5.10 Å². The molecule has 6 nitrogen and oxygen atoms in total. The number of aliphatic hydroxyl groups excluding tert-OH is 1. The van der Waals surface area contributed by atoms with Crippen LogP contribution in [0.25, 0.3) is 5.65 Å². The van der Waals surface area contributed by atoms with Crippen molar-refractivity contribution in [2.24, 2.45) is 0 Å². The van der Waals surface area contributed by atoms with Gasteiger partial charge in [-0.25, -0.2) is 4.52 Å². The minimum absolute atomic E-state index is 0.318. The average Bonchev–Trinajstić information content (AvgIpc) is 2.70. The Morgan fingerprint density at radius 3 is 3.06 bits per heavy atom. The minimum atomic E-state index is -0.318. The van der Waals surface area contributed by atoms with E-state index in [-0.39, 0.29) is 6.10 Å². The molecule has 0 amide bonds. The van der Waals surface area contributed by atoms with Crippen LogP contribution in [-0.4, -0.2) is 45.4 Å². The number of hydrogen-bond donors (Lipinski definition) is 3. The Bertz CT molecular complexity index is 508. The maximum absolute atomic E-state index is 9.08.